The first-order chi connectivity index (χ1) is 7.61. The van der Waals surface area contributed by atoms with Crippen molar-refractivity contribution in [2.45, 2.75) is 38.8 Å². The monoisotopic (exact) mass is 249 g/mol. The zero-order valence-corrected chi connectivity index (χ0v) is 11.9. The summed E-state index contributed by atoms with van der Waals surface area (Å²) in [5, 5.41) is 9.76. The van der Waals surface area contributed by atoms with Crippen molar-refractivity contribution >= 4 is 11.8 Å². The highest BCUT2D eigenvalue weighted by atomic mass is 32.2. The minimum Gasteiger partial charge on any atom is -0.389 e. The first kappa shape index (κ1) is 16.2. The Hall–Kier alpha value is 0.230. The van der Waals surface area contributed by atoms with Crippen LogP contribution < -0.4 is 0 Å². The molecule has 3 nitrogen and oxygen atoms in total. The summed E-state index contributed by atoms with van der Waals surface area (Å²) in [5.74, 6) is 1.10. The largest absolute Gasteiger partial charge is 0.389 e. The van der Waals surface area contributed by atoms with Crippen molar-refractivity contribution < 1.29 is 9.84 Å². The molecule has 0 spiro atoms. The Kier molecular flexibility index (Phi) is 10.5. The zero-order chi connectivity index (χ0) is 12.4. The summed E-state index contributed by atoms with van der Waals surface area (Å²) in [6.45, 7) is 6.22. The van der Waals surface area contributed by atoms with Gasteiger partial charge in [0.05, 0.1) is 12.7 Å². The maximum absolute atomic E-state index is 9.76. The van der Waals surface area contributed by atoms with Gasteiger partial charge in [-0.2, -0.15) is 11.8 Å². The van der Waals surface area contributed by atoms with Crippen molar-refractivity contribution in [3.63, 3.8) is 0 Å². The van der Waals surface area contributed by atoms with Gasteiger partial charge in [-0.05, 0) is 26.6 Å². The van der Waals surface area contributed by atoms with Crippen molar-refractivity contribution in [2.24, 2.45) is 0 Å². The normalized spacial score (nSPS) is 15.4. The molecule has 16 heavy (non-hydrogen) atoms. The van der Waals surface area contributed by atoms with E-state index in [1.54, 1.807) is 0 Å². The Labute approximate surface area is 105 Å². The topological polar surface area (TPSA) is 32.7 Å². The average molecular weight is 249 g/mol. The van der Waals surface area contributed by atoms with E-state index in [9.17, 15) is 5.11 Å². The van der Waals surface area contributed by atoms with Gasteiger partial charge in [-0.25, -0.2) is 0 Å². The summed E-state index contributed by atoms with van der Waals surface area (Å²) in [6.07, 6.45) is 3.95. The zero-order valence-electron chi connectivity index (χ0n) is 11.1. The summed E-state index contributed by atoms with van der Waals surface area (Å²) >= 11 is 1.84. The lowest BCUT2D eigenvalue weighted by molar-refractivity contribution is 0.0159. The second kappa shape index (κ2) is 10.4. The molecular formula is C12H27NO2S. The van der Waals surface area contributed by atoms with Gasteiger partial charge >= 0.3 is 0 Å². The third kappa shape index (κ3) is 8.39. The molecule has 0 aliphatic rings. The number of rotatable bonds is 10. The molecule has 0 aliphatic carbocycles. The summed E-state index contributed by atoms with van der Waals surface area (Å²) in [5.41, 5.74) is 0. The Morgan fingerprint density at radius 3 is 2.69 bits per heavy atom. The lowest BCUT2D eigenvalue weighted by Gasteiger charge is -2.26. The van der Waals surface area contributed by atoms with E-state index in [1.807, 2.05) is 11.8 Å². The van der Waals surface area contributed by atoms with E-state index >= 15 is 0 Å². The molecule has 0 amide bonds. The molecule has 0 heterocycles. The van der Waals surface area contributed by atoms with Crippen LogP contribution >= 0.6 is 11.8 Å². The highest BCUT2D eigenvalue weighted by Crippen LogP contribution is 2.04. The molecule has 4 heteroatoms. The molecule has 0 saturated heterocycles. The third-order valence-corrected chi connectivity index (χ3v) is 3.43. The molecule has 0 rings (SSSR count). The van der Waals surface area contributed by atoms with Gasteiger partial charge in [-0.3, -0.25) is 0 Å². The van der Waals surface area contributed by atoms with E-state index in [1.165, 1.54) is 0 Å². The summed E-state index contributed by atoms with van der Waals surface area (Å²) in [4.78, 5) is 2.18. The van der Waals surface area contributed by atoms with Crippen LogP contribution in [-0.4, -0.2) is 61.0 Å². The first-order valence-electron chi connectivity index (χ1n) is 6.06. The number of hydrogen-bond acceptors (Lipinski definition) is 4. The fourth-order valence-electron chi connectivity index (χ4n) is 1.40. The molecule has 2 atom stereocenters. The second-order valence-electron chi connectivity index (χ2n) is 4.33. The van der Waals surface area contributed by atoms with Crippen LogP contribution in [0.3, 0.4) is 0 Å². The van der Waals surface area contributed by atoms with Crippen LogP contribution in [0.1, 0.15) is 26.7 Å². The Morgan fingerprint density at radius 2 is 2.12 bits per heavy atom. The third-order valence-electron chi connectivity index (χ3n) is 2.61. The molecule has 0 aromatic carbocycles. The quantitative estimate of drug-likeness (QED) is 0.599. The maximum atomic E-state index is 9.76. The highest BCUT2D eigenvalue weighted by molar-refractivity contribution is 7.98. The minimum absolute atomic E-state index is 0.369. The lowest BCUT2D eigenvalue weighted by atomic mass is 10.3. The van der Waals surface area contributed by atoms with Gasteiger partial charge < -0.3 is 14.7 Å². The molecule has 0 aromatic rings. The van der Waals surface area contributed by atoms with Crippen molar-refractivity contribution in [1.82, 2.24) is 4.90 Å². The Balaban J connectivity index is 3.56. The van der Waals surface area contributed by atoms with Gasteiger partial charge in [0.15, 0.2) is 0 Å². The van der Waals surface area contributed by atoms with Crippen molar-refractivity contribution in [3.05, 3.63) is 0 Å². The fraction of sp³-hybridized carbons (Fsp3) is 1.00. The average Bonchev–Trinajstić information content (AvgIpc) is 2.24. The molecule has 2 unspecified atom stereocenters. The number of likely N-dealkylation sites (N-methyl/N-ethyl adjacent to an activating group) is 1. The van der Waals surface area contributed by atoms with Gasteiger partial charge in [0.25, 0.3) is 0 Å². The van der Waals surface area contributed by atoms with E-state index in [-0.39, 0.29) is 6.10 Å². The van der Waals surface area contributed by atoms with Gasteiger partial charge in [-0.15, -0.1) is 0 Å². The Morgan fingerprint density at radius 1 is 1.44 bits per heavy atom. The van der Waals surface area contributed by atoms with Crippen LogP contribution in [0.15, 0.2) is 0 Å². The molecule has 0 bridgehead atoms. The summed E-state index contributed by atoms with van der Waals surface area (Å²) < 4.78 is 5.39. The summed E-state index contributed by atoms with van der Waals surface area (Å²) in [7, 11) is 2.05. The molecule has 0 saturated carbocycles. The maximum Gasteiger partial charge on any atom is 0.0900 e. The number of nitrogens with zero attached hydrogens (tertiary/aromatic N) is 1. The molecule has 0 aliphatic heterocycles. The van der Waals surface area contributed by atoms with Gasteiger partial charge in [0.2, 0.25) is 0 Å². The fourth-order valence-corrected chi connectivity index (χ4v) is 2.14. The van der Waals surface area contributed by atoms with Crippen molar-refractivity contribution in [2.75, 3.05) is 38.8 Å². The smallest absolute Gasteiger partial charge is 0.0900 e. The minimum atomic E-state index is -0.369. The van der Waals surface area contributed by atoms with Crippen LogP contribution in [0, 0.1) is 0 Å². The van der Waals surface area contributed by atoms with Crippen LogP contribution in [0.25, 0.3) is 0 Å². The molecular weight excluding hydrogens is 222 g/mol. The van der Waals surface area contributed by atoms with Crippen LogP contribution in [-0.2, 0) is 4.74 Å². The SMILES string of the molecule is CCCCOCC(O)CN(C)C(C)CSC. The predicted octanol–water partition coefficient (Wildman–Crippen LogP) is 1.85. The summed E-state index contributed by atoms with van der Waals surface area (Å²) in [6, 6.07) is 0.500. The van der Waals surface area contributed by atoms with Gasteiger partial charge in [0.1, 0.15) is 0 Å². The van der Waals surface area contributed by atoms with Crippen LogP contribution in [0.4, 0.5) is 0 Å². The molecule has 1 N–H and O–H groups in total. The number of unbranched alkanes of at least 4 members (excludes halogenated alkanes) is 1. The second-order valence-corrected chi connectivity index (χ2v) is 5.24. The molecule has 0 radical (unpaired) electrons. The van der Waals surface area contributed by atoms with Crippen molar-refractivity contribution in [3.8, 4) is 0 Å². The predicted molar refractivity (Wildman–Crippen MR) is 72.2 cm³/mol. The number of aliphatic hydroxyl groups is 1. The molecule has 0 fully saturated rings. The number of aliphatic hydroxyl groups excluding tert-OH is 1. The van der Waals surface area contributed by atoms with E-state index in [4.69, 9.17) is 4.74 Å². The van der Waals surface area contributed by atoms with E-state index in [0.717, 1.165) is 25.2 Å². The Bertz CT molecular complexity index is 158. The lowest BCUT2D eigenvalue weighted by Crippen LogP contribution is -2.38. The first-order valence-corrected chi connectivity index (χ1v) is 7.46. The van der Waals surface area contributed by atoms with Gasteiger partial charge in [0, 0.05) is 24.9 Å². The van der Waals surface area contributed by atoms with Crippen LogP contribution in [0.2, 0.25) is 0 Å². The standard InChI is InChI=1S/C12H27NO2S/c1-5-6-7-15-9-12(14)8-13(3)11(2)10-16-4/h11-12,14H,5-10H2,1-4H3. The highest BCUT2D eigenvalue weighted by Gasteiger charge is 2.13. The van der Waals surface area contributed by atoms with E-state index < -0.39 is 0 Å². The number of hydrogen-bond donors (Lipinski definition) is 1. The number of thioether (sulfide) groups is 1. The van der Waals surface area contributed by atoms with Gasteiger partial charge in [-0.1, -0.05) is 13.3 Å². The molecule has 0 aromatic heterocycles. The van der Waals surface area contributed by atoms with E-state index in [0.29, 0.717) is 19.2 Å². The molecule has 98 valence electrons. The van der Waals surface area contributed by atoms with E-state index in [2.05, 4.69) is 32.1 Å². The van der Waals surface area contributed by atoms with Crippen LogP contribution in [0.5, 0.6) is 0 Å². The van der Waals surface area contributed by atoms with Crippen molar-refractivity contribution in [1.29, 1.82) is 0 Å². The number of ether oxygens (including phenoxy) is 1.